The number of nitrogens with zero attached hydrogens (tertiary/aromatic N) is 2. The van der Waals surface area contributed by atoms with Crippen molar-refractivity contribution in [2.45, 2.75) is 32.2 Å². The van der Waals surface area contributed by atoms with Crippen LogP contribution in [0.1, 0.15) is 31.2 Å². The molecule has 4 heteroatoms. The summed E-state index contributed by atoms with van der Waals surface area (Å²) in [7, 11) is 1.76. The van der Waals surface area contributed by atoms with Gasteiger partial charge >= 0.3 is 0 Å². The Bertz CT molecular complexity index is 476. The standard InChI is InChI=1S/C16H23N3O/c1-17-15(20)14-3-2-6-16(14)7-10-19(12-16)11-13-4-8-18-9-5-13/h4-5,8-9,14H,2-3,6-7,10-12H2,1H3,(H,17,20)/t14-,16-/m1/s1. The zero-order valence-electron chi connectivity index (χ0n) is 12.1. The Morgan fingerprint density at radius 3 is 3.00 bits per heavy atom. The highest BCUT2D eigenvalue weighted by Gasteiger charge is 2.49. The number of carbonyl (C=O) groups is 1. The first-order valence-corrected chi connectivity index (χ1v) is 7.56. The van der Waals surface area contributed by atoms with Crippen molar-refractivity contribution in [1.29, 1.82) is 0 Å². The van der Waals surface area contributed by atoms with E-state index in [9.17, 15) is 4.79 Å². The molecule has 3 rings (SSSR count). The van der Waals surface area contributed by atoms with E-state index in [0.29, 0.717) is 0 Å². The van der Waals surface area contributed by atoms with Crippen molar-refractivity contribution in [3.05, 3.63) is 30.1 Å². The smallest absolute Gasteiger partial charge is 0.223 e. The van der Waals surface area contributed by atoms with Gasteiger partial charge in [0, 0.05) is 38.4 Å². The van der Waals surface area contributed by atoms with Crippen molar-refractivity contribution in [3.63, 3.8) is 0 Å². The number of hydrogen-bond acceptors (Lipinski definition) is 3. The highest BCUT2D eigenvalue weighted by molar-refractivity contribution is 5.79. The number of aromatic nitrogens is 1. The molecule has 0 radical (unpaired) electrons. The lowest BCUT2D eigenvalue weighted by Crippen LogP contribution is -2.39. The molecule has 4 nitrogen and oxygen atoms in total. The van der Waals surface area contributed by atoms with E-state index in [-0.39, 0.29) is 17.2 Å². The van der Waals surface area contributed by atoms with Crippen LogP contribution < -0.4 is 5.32 Å². The van der Waals surface area contributed by atoms with Crippen LogP contribution in [0.4, 0.5) is 0 Å². The van der Waals surface area contributed by atoms with Gasteiger partial charge in [-0.15, -0.1) is 0 Å². The van der Waals surface area contributed by atoms with Crippen LogP contribution in [0.5, 0.6) is 0 Å². The highest BCUT2D eigenvalue weighted by atomic mass is 16.1. The monoisotopic (exact) mass is 273 g/mol. The molecule has 2 heterocycles. The van der Waals surface area contributed by atoms with Crippen LogP contribution >= 0.6 is 0 Å². The molecular weight excluding hydrogens is 250 g/mol. The molecule has 0 bridgehead atoms. The van der Waals surface area contributed by atoms with Crippen LogP contribution in [0, 0.1) is 11.3 Å². The van der Waals surface area contributed by atoms with Gasteiger partial charge in [-0.05, 0) is 48.9 Å². The first-order chi connectivity index (χ1) is 9.73. The third-order valence-corrected chi connectivity index (χ3v) is 5.09. The Morgan fingerprint density at radius 2 is 2.25 bits per heavy atom. The van der Waals surface area contributed by atoms with Gasteiger partial charge in [0.05, 0.1) is 0 Å². The largest absolute Gasteiger partial charge is 0.359 e. The van der Waals surface area contributed by atoms with Gasteiger partial charge in [-0.2, -0.15) is 0 Å². The molecule has 2 fully saturated rings. The third kappa shape index (κ3) is 2.44. The zero-order valence-corrected chi connectivity index (χ0v) is 12.1. The molecule has 1 saturated carbocycles. The highest BCUT2D eigenvalue weighted by Crippen LogP contribution is 2.49. The minimum Gasteiger partial charge on any atom is -0.359 e. The summed E-state index contributed by atoms with van der Waals surface area (Å²) in [6.07, 6.45) is 8.33. The second-order valence-electron chi connectivity index (χ2n) is 6.24. The Kier molecular flexibility index (Phi) is 3.74. The van der Waals surface area contributed by atoms with Crippen LogP contribution in [-0.2, 0) is 11.3 Å². The van der Waals surface area contributed by atoms with E-state index in [1.807, 2.05) is 12.4 Å². The molecule has 2 atom stereocenters. The number of pyridine rings is 1. The first kappa shape index (κ1) is 13.6. The number of carbonyl (C=O) groups excluding carboxylic acids is 1. The van der Waals surface area contributed by atoms with E-state index >= 15 is 0 Å². The molecule has 1 N–H and O–H groups in total. The minimum atomic E-state index is 0.218. The summed E-state index contributed by atoms with van der Waals surface area (Å²) >= 11 is 0. The van der Waals surface area contributed by atoms with Crippen molar-refractivity contribution in [2.24, 2.45) is 11.3 Å². The second kappa shape index (κ2) is 5.52. The van der Waals surface area contributed by atoms with Crippen molar-refractivity contribution in [1.82, 2.24) is 15.2 Å². The van der Waals surface area contributed by atoms with Crippen molar-refractivity contribution < 1.29 is 4.79 Å². The first-order valence-electron chi connectivity index (χ1n) is 7.56. The molecule has 1 aromatic heterocycles. The van der Waals surface area contributed by atoms with Crippen LogP contribution in [-0.4, -0.2) is 35.9 Å². The quantitative estimate of drug-likeness (QED) is 0.913. The minimum absolute atomic E-state index is 0.218. The van der Waals surface area contributed by atoms with Gasteiger partial charge in [0.25, 0.3) is 0 Å². The fourth-order valence-corrected chi connectivity index (χ4v) is 4.08. The topological polar surface area (TPSA) is 45.2 Å². The van der Waals surface area contributed by atoms with Gasteiger partial charge in [-0.3, -0.25) is 14.7 Å². The Balaban J connectivity index is 1.68. The predicted octanol–water partition coefficient (Wildman–Crippen LogP) is 1.82. The average molecular weight is 273 g/mol. The molecule has 1 aliphatic carbocycles. The van der Waals surface area contributed by atoms with Crippen molar-refractivity contribution in [2.75, 3.05) is 20.1 Å². The maximum Gasteiger partial charge on any atom is 0.223 e. The molecule has 1 saturated heterocycles. The second-order valence-corrected chi connectivity index (χ2v) is 6.24. The van der Waals surface area contributed by atoms with Crippen LogP contribution in [0.15, 0.2) is 24.5 Å². The lowest BCUT2D eigenvalue weighted by atomic mass is 9.76. The van der Waals surface area contributed by atoms with Gasteiger partial charge in [-0.25, -0.2) is 0 Å². The van der Waals surface area contributed by atoms with Gasteiger partial charge in [-0.1, -0.05) is 6.42 Å². The van der Waals surface area contributed by atoms with E-state index < -0.39 is 0 Å². The van der Waals surface area contributed by atoms with E-state index in [4.69, 9.17) is 0 Å². The van der Waals surface area contributed by atoms with Gasteiger partial charge < -0.3 is 5.32 Å². The lowest BCUT2D eigenvalue weighted by molar-refractivity contribution is -0.127. The summed E-state index contributed by atoms with van der Waals surface area (Å²) in [5, 5.41) is 2.86. The number of nitrogens with one attached hydrogen (secondary N) is 1. The van der Waals surface area contributed by atoms with Crippen molar-refractivity contribution in [3.8, 4) is 0 Å². The van der Waals surface area contributed by atoms with Gasteiger partial charge in [0.1, 0.15) is 0 Å². The summed E-state index contributed by atoms with van der Waals surface area (Å²) in [5.41, 5.74) is 1.54. The summed E-state index contributed by atoms with van der Waals surface area (Å²) in [6, 6.07) is 4.16. The summed E-state index contributed by atoms with van der Waals surface area (Å²) < 4.78 is 0. The molecule has 108 valence electrons. The van der Waals surface area contributed by atoms with Gasteiger partial charge in [0.15, 0.2) is 0 Å². The molecule has 20 heavy (non-hydrogen) atoms. The Morgan fingerprint density at radius 1 is 1.45 bits per heavy atom. The number of hydrogen-bond donors (Lipinski definition) is 1. The average Bonchev–Trinajstić information content (AvgIpc) is 3.07. The normalized spacial score (nSPS) is 29.9. The molecule has 2 aliphatic rings. The number of amides is 1. The molecule has 1 spiro atoms. The molecule has 1 aliphatic heterocycles. The van der Waals surface area contributed by atoms with E-state index in [1.54, 1.807) is 7.05 Å². The third-order valence-electron chi connectivity index (χ3n) is 5.09. The van der Waals surface area contributed by atoms with Crippen LogP contribution in [0.2, 0.25) is 0 Å². The molecule has 0 aromatic carbocycles. The summed E-state index contributed by atoms with van der Waals surface area (Å²) in [4.78, 5) is 18.7. The summed E-state index contributed by atoms with van der Waals surface area (Å²) in [6.45, 7) is 3.15. The SMILES string of the molecule is CNC(=O)[C@H]1CCC[C@]12CCN(Cc1ccncc1)C2. The molecule has 1 aromatic rings. The molecule has 1 amide bonds. The zero-order chi connectivity index (χ0) is 14.0. The Hall–Kier alpha value is -1.42. The Labute approximate surface area is 120 Å². The fourth-order valence-electron chi connectivity index (χ4n) is 4.08. The van der Waals surface area contributed by atoms with E-state index in [2.05, 4.69) is 27.3 Å². The van der Waals surface area contributed by atoms with E-state index in [1.165, 1.54) is 18.4 Å². The lowest BCUT2D eigenvalue weighted by Gasteiger charge is -2.30. The van der Waals surface area contributed by atoms with Crippen LogP contribution in [0.3, 0.4) is 0 Å². The maximum absolute atomic E-state index is 12.1. The number of likely N-dealkylation sites (tertiary alicyclic amines) is 1. The van der Waals surface area contributed by atoms with Gasteiger partial charge in [0.2, 0.25) is 5.91 Å². The predicted molar refractivity (Wildman–Crippen MR) is 78.0 cm³/mol. The molecular formula is C16H23N3O. The van der Waals surface area contributed by atoms with Crippen molar-refractivity contribution >= 4 is 5.91 Å². The number of rotatable bonds is 3. The molecule has 0 unspecified atom stereocenters. The fraction of sp³-hybridized carbons (Fsp3) is 0.625. The maximum atomic E-state index is 12.1. The summed E-state index contributed by atoms with van der Waals surface area (Å²) in [5.74, 6) is 0.461. The van der Waals surface area contributed by atoms with E-state index in [0.717, 1.165) is 32.5 Å². The van der Waals surface area contributed by atoms with Crippen LogP contribution in [0.25, 0.3) is 0 Å².